The van der Waals surface area contributed by atoms with Gasteiger partial charge in [0.2, 0.25) is 0 Å². The van der Waals surface area contributed by atoms with Crippen molar-refractivity contribution in [3.8, 4) is 0 Å². The number of hydrogen-bond donors (Lipinski definition) is 2. The highest BCUT2D eigenvalue weighted by Gasteiger charge is 2.19. The molecule has 7 nitrogen and oxygen atoms in total. The molecule has 2 aromatic heterocycles. The van der Waals surface area contributed by atoms with E-state index < -0.39 is 5.91 Å². The number of rotatable bonds is 3. The monoisotopic (exact) mass is 355 g/mol. The van der Waals surface area contributed by atoms with E-state index in [0.29, 0.717) is 26.8 Å². The van der Waals surface area contributed by atoms with E-state index in [4.69, 9.17) is 5.73 Å². The van der Waals surface area contributed by atoms with Crippen LogP contribution in [0.2, 0.25) is 0 Å². The molecule has 0 aliphatic heterocycles. The van der Waals surface area contributed by atoms with Crippen molar-refractivity contribution in [2.24, 2.45) is 0 Å². The third-order valence-electron chi connectivity index (χ3n) is 3.62. The minimum Gasteiger partial charge on any atom is -0.399 e. The Hall–Kier alpha value is -3.00. The molecule has 3 rings (SSSR count). The predicted molar refractivity (Wildman–Crippen MR) is 99.0 cm³/mol. The van der Waals surface area contributed by atoms with Crippen molar-refractivity contribution in [3.63, 3.8) is 0 Å². The van der Waals surface area contributed by atoms with Gasteiger partial charge in [0.25, 0.3) is 11.8 Å². The van der Waals surface area contributed by atoms with Crippen molar-refractivity contribution in [1.29, 1.82) is 0 Å². The first-order valence-electron chi connectivity index (χ1n) is 7.51. The zero-order chi connectivity index (χ0) is 18.1. The number of thiazole rings is 1. The number of hydrogen-bond acceptors (Lipinski definition) is 6. The Labute approximate surface area is 148 Å². The van der Waals surface area contributed by atoms with E-state index in [1.807, 2.05) is 12.1 Å². The van der Waals surface area contributed by atoms with Gasteiger partial charge >= 0.3 is 0 Å². The van der Waals surface area contributed by atoms with Gasteiger partial charge in [-0.25, -0.2) is 4.98 Å². The summed E-state index contributed by atoms with van der Waals surface area (Å²) in [4.78, 5) is 35.1. The molecule has 128 valence electrons. The van der Waals surface area contributed by atoms with Crippen LogP contribution in [-0.4, -0.2) is 40.8 Å². The number of fused-ring (bicyclic) bond motifs is 1. The molecule has 0 saturated carbocycles. The highest BCUT2D eigenvalue weighted by Crippen LogP contribution is 2.25. The van der Waals surface area contributed by atoms with Gasteiger partial charge in [0, 0.05) is 31.4 Å². The molecular weight excluding hydrogens is 338 g/mol. The summed E-state index contributed by atoms with van der Waals surface area (Å²) in [5, 5.41) is 4.61. The predicted octanol–water partition coefficient (Wildman–Crippen LogP) is 2.54. The molecule has 8 heteroatoms. The molecule has 2 amide bonds. The molecular formula is C17H17N5O2S. The van der Waals surface area contributed by atoms with E-state index in [0.717, 1.165) is 16.7 Å². The topological polar surface area (TPSA) is 101 Å². The van der Waals surface area contributed by atoms with Crippen LogP contribution >= 0.6 is 11.3 Å². The minimum atomic E-state index is -0.395. The third-order valence-corrected chi connectivity index (χ3v) is 4.68. The van der Waals surface area contributed by atoms with E-state index in [-0.39, 0.29) is 11.6 Å². The Morgan fingerprint density at radius 1 is 1.24 bits per heavy atom. The van der Waals surface area contributed by atoms with Gasteiger partial charge in [-0.1, -0.05) is 17.4 Å². The van der Waals surface area contributed by atoms with E-state index in [2.05, 4.69) is 15.3 Å². The number of nitrogen functional groups attached to an aromatic ring is 1. The number of aromatic nitrogens is 2. The number of nitrogens with zero attached hydrogens (tertiary/aromatic N) is 3. The van der Waals surface area contributed by atoms with Crippen LogP contribution in [0.25, 0.3) is 10.8 Å². The number of carbonyl (C=O) groups excluding carboxylic acids is 2. The maximum Gasteiger partial charge on any atom is 0.276 e. The molecule has 0 spiro atoms. The second kappa shape index (κ2) is 6.48. The number of pyridine rings is 1. The van der Waals surface area contributed by atoms with Crippen molar-refractivity contribution >= 4 is 44.7 Å². The molecule has 0 aliphatic rings. The number of benzene rings is 1. The first-order valence-corrected chi connectivity index (χ1v) is 8.33. The molecule has 1 aromatic carbocycles. The molecule has 0 unspecified atom stereocenters. The number of aryl methyl sites for hydroxylation is 1. The van der Waals surface area contributed by atoms with Crippen molar-refractivity contribution < 1.29 is 9.59 Å². The normalized spacial score (nSPS) is 10.7. The first kappa shape index (κ1) is 16.8. The lowest BCUT2D eigenvalue weighted by atomic mass is 10.1. The summed E-state index contributed by atoms with van der Waals surface area (Å²) in [6, 6.07) is 7.14. The number of amides is 2. The number of nitrogens with one attached hydrogen (secondary N) is 1. The van der Waals surface area contributed by atoms with Crippen LogP contribution in [0.3, 0.4) is 0 Å². The Kier molecular flexibility index (Phi) is 4.37. The summed E-state index contributed by atoms with van der Waals surface area (Å²) in [7, 11) is 3.34. The molecule has 0 bridgehead atoms. The lowest BCUT2D eigenvalue weighted by molar-refractivity contribution is 0.0831. The van der Waals surface area contributed by atoms with Crippen molar-refractivity contribution in [2.45, 2.75) is 6.92 Å². The smallest absolute Gasteiger partial charge is 0.276 e. The quantitative estimate of drug-likeness (QED) is 0.703. The summed E-state index contributed by atoms with van der Waals surface area (Å²) in [6.07, 6.45) is 1.57. The van der Waals surface area contributed by atoms with Gasteiger partial charge in [0.05, 0.1) is 5.69 Å². The highest BCUT2D eigenvalue weighted by molar-refractivity contribution is 7.17. The number of anilines is 2. The van der Waals surface area contributed by atoms with Crippen LogP contribution in [-0.2, 0) is 0 Å². The van der Waals surface area contributed by atoms with Crippen LogP contribution in [0, 0.1) is 6.92 Å². The first-order chi connectivity index (χ1) is 11.9. The molecule has 0 radical (unpaired) electrons. The van der Waals surface area contributed by atoms with Crippen molar-refractivity contribution in [1.82, 2.24) is 14.9 Å². The second-order valence-electron chi connectivity index (χ2n) is 5.73. The van der Waals surface area contributed by atoms with Crippen LogP contribution in [0.5, 0.6) is 0 Å². The molecule has 0 aliphatic carbocycles. The Morgan fingerprint density at radius 3 is 2.72 bits per heavy atom. The van der Waals surface area contributed by atoms with E-state index >= 15 is 0 Å². The van der Waals surface area contributed by atoms with Crippen LogP contribution in [0.15, 0.2) is 30.5 Å². The lowest BCUT2D eigenvalue weighted by Gasteiger charge is -2.07. The minimum absolute atomic E-state index is 0.147. The van der Waals surface area contributed by atoms with E-state index in [9.17, 15) is 9.59 Å². The molecule has 25 heavy (non-hydrogen) atoms. The maximum atomic E-state index is 12.6. The van der Waals surface area contributed by atoms with Crippen molar-refractivity contribution in [3.05, 3.63) is 46.7 Å². The summed E-state index contributed by atoms with van der Waals surface area (Å²) < 4.78 is 0. The summed E-state index contributed by atoms with van der Waals surface area (Å²) in [6.45, 7) is 1.74. The average molecular weight is 355 g/mol. The fraction of sp³-hybridized carbons (Fsp3) is 0.176. The van der Waals surface area contributed by atoms with Gasteiger partial charge in [0.1, 0.15) is 10.6 Å². The van der Waals surface area contributed by atoms with Crippen molar-refractivity contribution in [2.75, 3.05) is 25.1 Å². The summed E-state index contributed by atoms with van der Waals surface area (Å²) in [5.41, 5.74) is 7.21. The number of carbonyl (C=O) groups is 2. The zero-order valence-electron chi connectivity index (χ0n) is 14.0. The van der Waals surface area contributed by atoms with Gasteiger partial charge in [-0.3, -0.25) is 19.9 Å². The Balaban J connectivity index is 1.92. The Bertz CT molecular complexity index is 980. The highest BCUT2D eigenvalue weighted by atomic mass is 32.1. The van der Waals surface area contributed by atoms with Gasteiger partial charge in [-0.05, 0) is 30.5 Å². The average Bonchev–Trinajstić information content (AvgIpc) is 2.93. The Morgan fingerprint density at radius 2 is 2.00 bits per heavy atom. The van der Waals surface area contributed by atoms with Gasteiger partial charge in [-0.2, -0.15) is 0 Å². The fourth-order valence-corrected chi connectivity index (χ4v) is 3.36. The summed E-state index contributed by atoms with van der Waals surface area (Å²) in [5.74, 6) is -0.541. The fourth-order valence-electron chi connectivity index (χ4n) is 2.37. The van der Waals surface area contributed by atoms with E-state index in [1.165, 1.54) is 4.90 Å². The van der Waals surface area contributed by atoms with Crippen LogP contribution in [0.4, 0.5) is 10.8 Å². The van der Waals surface area contributed by atoms with Gasteiger partial charge in [-0.15, -0.1) is 0 Å². The molecule has 0 fully saturated rings. The standard InChI is InChI=1S/C17H17N5O2S/c1-9-14(16(24)22(2)3)25-17(20-9)21-15(23)13-12-8-11(18)5-4-10(12)6-7-19-13/h4-8H,18H2,1-3H3,(H,20,21,23). The second-order valence-corrected chi connectivity index (χ2v) is 6.73. The molecule has 3 aromatic rings. The molecule has 2 heterocycles. The van der Waals surface area contributed by atoms with E-state index in [1.54, 1.807) is 39.3 Å². The SMILES string of the molecule is Cc1nc(NC(=O)c2nccc3ccc(N)cc23)sc1C(=O)N(C)C. The molecule has 3 N–H and O–H groups in total. The van der Waals surface area contributed by atoms with Gasteiger partial charge in [0.15, 0.2) is 5.13 Å². The largest absolute Gasteiger partial charge is 0.399 e. The molecule has 0 atom stereocenters. The van der Waals surface area contributed by atoms with Crippen LogP contribution < -0.4 is 11.1 Å². The zero-order valence-corrected chi connectivity index (χ0v) is 14.8. The van der Waals surface area contributed by atoms with Crippen LogP contribution in [0.1, 0.15) is 25.9 Å². The van der Waals surface area contributed by atoms with Gasteiger partial charge < -0.3 is 10.6 Å². The third kappa shape index (κ3) is 3.29. The lowest BCUT2D eigenvalue weighted by Crippen LogP contribution is -2.21. The molecule has 0 saturated heterocycles. The maximum absolute atomic E-state index is 12.6. The summed E-state index contributed by atoms with van der Waals surface area (Å²) >= 11 is 1.14. The number of nitrogens with two attached hydrogens (primary N) is 1.